The van der Waals surface area contributed by atoms with Gasteiger partial charge in [0.05, 0.1) is 0 Å². The second-order valence-corrected chi connectivity index (χ2v) is 7.90. The SMILES string of the molecule is CN(C)CC1=C(c2cccc3ccsc23)[C@H]2CC[C@@H](C1)C2.Cl. The zero-order chi connectivity index (χ0) is 14.4. The molecule has 1 fully saturated rings. The minimum Gasteiger partial charge on any atom is -0.305 e. The van der Waals surface area contributed by atoms with E-state index in [0.717, 1.165) is 18.4 Å². The predicted molar refractivity (Wildman–Crippen MR) is 100.0 cm³/mol. The topological polar surface area (TPSA) is 3.24 Å². The van der Waals surface area contributed by atoms with E-state index in [9.17, 15) is 0 Å². The Morgan fingerprint density at radius 1 is 1.18 bits per heavy atom. The van der Waals surface area contributed by atoms with Crippen LogP contribution in [0.4, 0.5) is 0 Å². The van der Waals surface area contributed by atoms with Crippen LogP contribution in [-0.4, -0.2) is 25.5 Å². The van der Waals surface area contributed by atoms with Gasteiger partial charge >= 0.3 is 0 Å². The number of benzene rings is 1. The fraction of sp³-hybridized carbons (Fsp3) is 0.474. The molecule has 0 spiro atoms. The number of rotatable bonds is 3. The summed E-state index contributed by atoms with van der Waals surface area (Å²) in [5, 5.41) is 3.65. The van der Waals surface area contributed by atoms with Gasteiger partial charge in [0.2, 0.25) is 0 Å². The van der Waals surface area contributed by atoms with E-state index in [1.807, 2.05) is 11.3 Å². The molecule has 2 aliphatic carbocycles. The molecule has 0 saturated heterocycles. The van der Waals surface area contributed by atoms with Gasteiger partial charge in [-0.05, 0) is 79.6 Å². The van der Waals surface area contributed by atoms with Gasteiger partial charge in [-0.15, -0.1) is 23.7 Å². The van der Waals surface area contributed by atoms with Crippen LogP contribution in [-0.2, 0) is 0 Å². The second-order valence-electron chi connectivity index (χ2n) is 6.98. The zero-order valence-electron chi connectivity index (χ0n) is 13.3. The highest BCUT2D eigenvalue weighted by Crippen LogP contribution is 2.50. The Labute approximate surface area is 143 Å². The molecule has 22 heavy (non-hydrogen) atoms. The highest BCUT2D eigenvalue weighted by atomic mass is 35.5. The first-order valence-corrected chi connectivity index (χ1v) is 8.93. The van der Waals surface area contributed by atoms with Crippen molar-refractivity contribution in [3.63, 3.8) is 0 Å². The Bertz CT molecular complexity index is 700. The van der Waals surface area contributed by atoms with Crippen molar-refractivity contribution in [1.29, 1.82) is 0 Å². The van der Waals surface area contributed by atoms with Crippen LogP contribution in [0.25, 0.3) is 15.7 Å². The molecule has 3 heteroatoms. The second kappa shape index (κ2) is 6.35. The summed E-state index contributed by atoms with van der Waals surface area (Å²) in [5.41, 5.74) is 4.94. The van der Waals surface area contributed by atoms with Gasteiger partial charge in [0.1, 0.15) is 0 Å². The lowest BCUT2D eigenvalue weighted by atomic mass is 9.79. The first kappa shape index (κ1) is 16.0. The monoisotopic (exact) mass is 333 g/mol. The van der Waals surface area contributed by atoms with E-state index < -0.39 is 0 Å². The maximum absolute atomic E-state index is 2.36. The van der Waals surface area contributed by atoms with Gasteiger partial charge in [0.25, 0.3) is 0 Å². The zero-order valence-corrected chi connectivity index (χ0v) is 15.0. The van der Waals surface area contributed by atoms with E-state index in [2.05, 4.69) is 48.6 Å². The van der Waals surface area contributed by atoms with Crippen molar-refractivity contribution in [3.8, 4) is 0 Å². The molecule has 1 aromatic carbocycles. The van der Waals surface area contributed by atoms with Crippen molar-refractivity contribution in [2.24, 2.45) is 11.8 Å². The quantitative estimate of drug-likeness (QED) is 0.721. The lowest BCUT2D eigenvalue weighted by molar-refractivity contribution is 0.413. The number of likely N-dealkylation sites (N-methyl/N-ethyl adjacent to an activating group) is 1. The van der Waals surface area contributed by atoms with Crippen LogP contribution in [0.5, 0.6) is 0 Å². The van der Waals surface area contributed by atoms with Crippen molar-refractivity contribution in [2.45, 2.75) is 25.7 Å². The standard InChI is InChI=1S/C19H23NS.ClH/c1-20(2)12-16-11-13-6-7-15(10-13)18(16)17-5-3-4-14-8-9-21-19(14)17;/h3-5,8-9,13,15H,6-7,10-12H2,1-2H3;1H/t13-,15+;/m1./s1. The maximum Gasteiger partial charge on any atom is 0.0417 e. The Morgan fingerprint density at radius 3 is 2.86 bits per heavy atom. The average molecular weight is 334 g/mol. The lowest BCUT2D eigenvalue weighted by Gasteiger charge is -2.29. The van der Waals surface area contributed by atoms with Crippen molar-refractivity contribution >= 4 is 39.4 Å². The van der Waals surface area contributed by atoms with Crippen LogP contribution >= 0.6 is 23.7 Å². The number of thiophene rings is 1. The molecule has 0 amide bonds. The molecule has 0 unspecified atom stereocenters. The smallest absolute Gasteiger partial charge is 0.0417 e. The van der Waals surface area contributed by atoms with E-state index in [1.54, 1.807) is 11.1 Å². The summed E-state index contributed by atoms with van der Waals surface area (Å²) >= 11 is 1.91. The van der Waals surface area contributed by atoms with Crippen LogP contribution < -0.4 is 0 Å². The van der Waals surface area contributed by atoms with Crippen LogP contribution in [0.2, 0.25) is 0 Å². The molecule has 2 atom stereocenters. The Hall–Kier alpha value is -0.830. The normalized spacial score (nSPS) is 24.1. The van der Waals surface area contributed by atoms with Gasteiger partial charge in [-0.25, -0.2) is 0 Å². The van der Waals surface area contributed by atoms with Gasteiger partial charge in [0.15, 0.2) is 0 Å². The molecule has 2 aromatic rings. The van der Waals surface area contributed by atoms with E-state index in [4.69, 9.17) is 0 Å². The van der Waals surface area contributed by atoms with Gasteiger partial charge < -0.3 is 4.90 Å². The summed E-state index contributed by atoms with van der Waals surface area (Å²) < 4.78 is 1.49. The fourth-order valence-corrected chi connectivity index (χ4v) is 5.34. The molecule has 0 aliphatic heterocycles. The third-order valence-corrected chi connectivity index (χ3v) is 6.11. The van der Waals surface area contributed by atoms with Crippen LogP contribution in [0.3, 0.4) is 0 Å². The highest BCUT2D eigenvalue weighted by Gasteiger charge is 2.35. The number of halogens is 1. The van der Waals surface area contributed by atoms with Crippen molar-refractivity contribution < 1.29 is 0 Å². The first-order chi connectivity index (χ1) is 10.2. The summed E-state index contributed by atoms with van der Waals surface area (Å²) in [6.07, 6.45) is 5.59. The Morgan fingerprint density at radius 2 is 2.05 bits per heavy atom. The van der Waals surface area contributed by atoms with E-state index in [0.29, 0.717) is 0 Å². The van der Waals surface area contributed by atoms with E-state index in [-0.39, 0.29) is 12.4 Å². The van der Waals surface area contributed by atoms with Crippen LogP contribution in [0, 0.1) is 11.8 Å². The maximum atomic E-state index is 2.36. The summed E-state index contributed by atoms with van der Waals surface area (Å²) in [5.74, 6) is 1.77. The number of hydrogen-bond donors (Lipinski definition) is 0. The van der Waals surface area contributed by atoms with Crippen LogP contribution in [0.15, 0.2) is 35.2 Å². The molecule has 2 bridgehead atoms. The number of hydrogen-bond acceptors (Lipinski definition) is 2. The molecular weight excluding hydrogens is 310 g/mol. The molecule has 1 nitrogen and oxygen atoms in total. The minimum absolute atomic E-state index is 0. The number of allylic oxidation sites excluding steroid dienone is 1. The number of fused-ring (bicyclic) bond motifs is 3. The summed E-state index contributed by atoms with van der Waals surface area (Å²) in [4.78, 5) is 2.34. The molecule has 0 N–H and O–H groups in total. The van der Waals surface area contributed by atoms with Crippen molar-refractivity contribution in [3.05, 3.63) is 40.8 Å². The number of nitrogens with zero attached hydrogens (tertiary/aromatic N) is 1. The molecular formula is C19H24ClNS. The fourth-order valence-electron chi connectivity index (χ4n) is 4.42. The average Bonchev–Trinajstić information content (AvgIpc) is 3.05. The van der Waals surface area contributed by atoms with Gasteiger partial charge in [0, 0.05) is 11.2 Å². The Balaban J connectivity index is 0.00000144. The minimum atomic E-state index is 0. The third kappa shape index (κ3) is 2.73. The molecule has 2 aliphatic rings. The molecule has 0 radical (unpaired) electrons. The Kier molecular flexibility index (Phi) is 4.63. The molecule has 4 rings (SSSR count). The molecule has 1 heterocycles. The summed E-state index contributed by atoms with van der Waals surface area (Å²) in [7, 11) is 4.40. The van der Waals surface area contributed by atoms with Gasteiger partial charge in [-0.1, -0.05) is 23.8 Å². The largest absolute Gasteiger partial charge is 0.305 e. The lowest BCUT2D eigenvalue weighted by Crippen LogP contribution is -2.21. The first-order valence-electron chi connectivity index (χ1n) is 8.05. The molecule has 1 aromatic heterocycles. The molecule has 118 valence electrons. The molecule has 1 saturated carbocycles. The van der Waals surface area contributed by atoms with Crippen molar-refractivity contribution in [2.75, 3.05) is 20.6 Å². The summed E-state index contributed by atoms with van der Waals surface area (Å²) in [6.45, 7) is 1.13. The van der Waals surface area contributed by atoms with Crippen LogP contribution in [0.1, 0.15) is 31.2 Å². The van der Waals surface area contributed by atoms with Crippen molar-refractivity contribution in [1.82, 2.24) is 4.90 Å². The summed E-state index contributed by atoms with van der Waals surface area (Å²) in [6, 6.07) is 9.12. The third-order valence-electron chi connectivity index (χ3n) is 5.14. The van der Waals surface area contributed by atoms with E-state index in [1.165, 1.54) is 41.3 Å². The highest BCUT2D eigenvalue weighted by molar-refractivity contribution is 7.17. The van der Waals surface area contributed by atoms with Gasteiger partial charge in [-0.3, -0.25) is 0 Å². The van der Waals surface area contributed by atoms with E-state index >= 15 is 0 Å². The predicted octanol–water partition coefficient (Wildman–Crippen LogP) is 5.46. The van der Waals surface area contributed by atoms with Gasteiger partial charge in [-0.2, -0.15) is 0 Å².